The van der Waals surface area contributed by atoms with E-state index in [1.165, 1.54) is 56.7 Å². The highest BCUT2D eigenvalue weighted by molar-refractivity contribution is 9.09. The molecule has 6 heteroatoms. The van der Waals surface area contributed by atoms with Crippen LogP contribution >= 0.6 is 56.5 Å². The van der Waals surface area contributed by atoms with Crippen molar-refractivity contribution >= 4 is 56.5 Å². The van der Waals surface area contributed by atoms with E-state index in [4.69, 9.17) is 9.46 Å². The van der Waals surface area contributed by atoms with Crippen molar-refractivity contribution in [3.05, 3.63) is 0 Å². The Morgan fingerprint density at radius 3 is 1.50 bits per heavy atom. The number of alkyl halides is 3. The predicted octanol–water partition coefficient (Wildman–Crippen LogP) is 6.58. The summed E-state index contributed by atoms with van der Waals surface area (Å²) in [6, 6.07) is 0. The first-order valence-corrected chi connectivity index (χ1v) is 11.8. The van der Waals surface area contributed by atoms with E-state index in [1.807, 2.05) is 0 Å². The van der Waals surface area contributed by atoms with Crippen LogP contribution in [0.2, 0.25) is 0 Å². The fourth-order valence-corrected chi connectivity index (χ4v) is 2.78. The molecule has 1 N–H and O–H groups in total. The summed E-state index contributed by atoms with van der Waals surface area (Å²) in [4.78, 5) is 7.10. The van der Waals surface area contributed by atoms with Crippen molar-refractivity contribution < 1.29 is 9.46 Å². The van der Waals surface area contributed by atoms with Crippen LogP contribution in [-0.4, -0.2) is 20.9 Å². The molecular weight excluding hydrogens is 471 g/mol. The maximum absolute atomic E-state index is 8.57. The number of rotatable bonds is 10. The summed E-state index contributed by atoms with van der Waals surface area (Å²) < 4.78 is 8.57. The van der Waals surface area contributed by atoms with Crippen molar-refractivity contribution in [2.75, 3.05) is 16.0 Å². The minimum atomic E-state index is -1.50. The van der Waals surface area contributed by atoms with Gasteiger partial charge in [0.2, 0.25) is 0 Å². The minimum absolute atomic E-state index is 0.985. The highest BCUT2D eigenvalue weighted by atomic mass is 79.9. The number of halogens is 3. The summed E-state index contributed by atoms with van der Waals surface area (Å²) in [6.45, 7) is 4.59. The molecule has 0 aromatic heterocycles. The van der Waals surface area contributed by atoms with E-state index in [0.29, 0.717) is 0 Å². The van der Waals surface area contributed by atoms with Crippen LogP contribution in [0.3, 0.4) is 0 Å². The van der Waals surface area contributed by atoms with Crippen LogP contribution in [0.4, 0.5) is 0 Å². The Kier molecular flexibility index (Phi) is 38.1. The average Bonchev–Trinajstić information content (AvgIpc) is 2.46. The molecule has 0 bridgehead atoms. The van der Waals surface area contributed by atoms with Crippen molar-refractivity contribution in [1.82, 2.24) is 0 Å². The van der Waals surface area contributed by atoms with Gasteiger partial charge in [-0.1, -0.05) is 93.7 Å². The van der Waals surface area contributed by atoms with Gasteiger partial charge in [0.1, 0.15) is 0 Å². The summed E-state index contributed by atoms with van der Waals surface area (Å²) in [7, 11) is -1.50. The molecule has 0 aromatic carbocycles. The fraction of sp³-hybridized carbons (Fsp3) is 1.00. The lowest BCUT2D eigenvalue weighted by Gasteiger charge is -2.10. The molecule has 0 aliphatic heterocycles. The molecule has 0 heterocycles. The van der Waals surface area contributed by atoms with Gasteiger partial charge < -0.3 is 4.89 Å². The van der Waals surface area contributed by atoms with Crippen molar-refractivity contribution in [2.45, 2.75) is 65.2 Å². The zero-order chi connectivity index (χ0) is 16.1. The highest BCUT2D eigenvalue weighted by Crippen LogP contribution is 2.15. The Morgan fingerprint density at radius 1 is 0.850 bits per heavy atom. The lowest BCUT2D eigenvalue weighted by atomic mass is 9.97. The van der Waals surface area contributed by atoms with E-state index in [-0.39, 0.29) is 0 Å². The van der Waals surface area contributed by atoms with Crippen LogP contribution in [0.15, 0.2) is 0 Å². The summed E-state index contributed by atoms with van der Waals surface area (Å²) >= 11 is 10.2. The lowest BCUT2D eigenvalue weighted by Crippen LogP contribution is -1.96. The third-order valence-electron chi connectivity index (χ3n) is 2.92. The normalized spacial score (nSPS) is 10.2. The van der Waals surface area contributed by atoms with Gasteiger partial charge in [0.25, 0.3) is 0 Å². The van der Waals surface area contributed by atoms with E-state index >= 15 is 0 Å². The second-order valence-electron chi connectivity index (χ2n) is 4.41. The zero-order valence-electron chi connectivity index (χ0n) is 12.9. The minimum Gasteiger partial charge on any atom is -0.348 e. The Hall–Kier alpha value is 1.63. The molecule has 0 saturated heterocycles. The third-order valence-corrected chi connectivity index (χ3v) is 4.60. The Labute approximate surface area is 152 Å². The van der Waals surface area contributed by atoms with Crippen molar-refractivity contribution in [3.63, 3.8) is 0 Å². The van der Waals surface area contributed by atoms with Gasteiger partial charge in [-0.05, 0) is 25.2 Å². The summed E-state index contributed by atoms with van der Waals surface area (Å²) in [6.07, 6.45) is 10.9. The van der Waals surface area contributed by atoms with Crippen molar-refractivity contribution in [2.24, 2.45) is 5.92 Å². The first-order valence-electron chi connectivity index (χ1n) is 7.43. The van der Waals surface area contributed by atoms with Gasteiger partial charge in [-0.3, -0.25) is 4.57 Å². The average molecular weight is 503 g/mol. The second-order valence-corrected chi connectivity index (χ2v) is 7.00. The van der Waals surface area contributed by atoms with Gasteiger partial charge in [-0.2, -0.15) is 0 Å². The van der Waals surface area contributed by atoms with Gasteiger partial charge in [0.05, 0.1) is 0 Å². The topological polar surface area (TPSA) is 37.3 Å². The second kappa shape index (κ2) is 28.7. The molecule has 0 aromatic rings. The zero-order valence-corrected chi connectivity index (χ0v) is 18.8. The predicted molar refractivity (Wildman–Crippen MR) is 106 cm³/mol. The number of unbranched alkanes of at least 4 members (excludes halogenated alkanes) is 3. The highest BCUT2D eigenvalue weighted by Gasteiger charge is 2.01. The Bertz CT molecular complexity index is 155. The smallest absolute Gasteiger partial charge is 0.177 e. The Balaban J connectivity index is -0.000000251. The molecular formula is C14H32Br3O2P. The van der Waals surface area contributed by atoms with Crippen molar-refractivity contribution in [1.29, 1.82) is 0 Å². The monoisotopic (exact) mass is 500 g/mol. The maximum atomic E-state index is 8.57. The molecule has 0 radical (unpaired) electrons. The molecule has 2 nitrogen and oxygen atoms in total. The van der Waals surface area contributed by atoms with E-state index < -0.39 is 8.69 Å². The van der Waals surface area contributed by atoms with E-state index in [2.05, 4.69) is 61.6 Å². The van der Waals surface area contributed by atoms with Crippen LogP contribution in [0.5, 0.6) is 0 Å². The first-order chi connectivity index (χ1) is 9.67. The molecule has 20 heavy (non-hydrogen) atoms. The molecule has 0 amide bonds. The summed E-state index contributed by atoms with van der Waals surface area (Å²) in [5.74, 6) is 0.985. The number of hydrogen-bond donors (Lipinski definition) is 1. The molecule has 0 saturated carbocycles. The summed E-state index contributed by atoms with van der Waals surface area (Å²) in [5.41, 5.74) is 0. The molecule has 0 rings (SSSR count). The fourth-order valence-electron chi connectivity index (χ4n) is 1.59. The first kappa shape index (κ1) is 26.5. The van der Waals surface area contributed by atoms with Gasteiger partial charge in [0.15, 0.2) is 8.69 Å². The molecule has 1 atom stereocenters. The van der Waals surface area contributed by atoms with Crippen LogP contribution in [0, 0.1) is 5.92 Å². The van der Waals surface area contributed by atoms with Crippen molar-refractivity contribution in [3.8, 4) is 0 Å². The van der Waals surface area contributed by atoms with E-state index in [0.717, 1.165) is 16.6 Å². The van der Waals surface area contributed by atoms with E-state index in [1.54, 1.807) is 0 Å². The molecule has 0 spiro atoms. The van der Waals surface area contributed by atoms with Gasteiger partial charge in [-0.25, -0.2) is 0 Å². The van der Waals surface area contributed by atoms with Gasteiger partial charge in [-0.15, -0.1) is 0 Å². The van der Waals surface area contributed by atoms with Crippen LogP contribution in [0.1, 0.15) is 65.2 Å². The standard InChI is InChI=1S/C9H19Br.C5H10Br2.H3O2P/c1-3-9(4-2)7-5-6-8-10;6-4-2-1-3-5-7;1-3-2/h9H,3-8H2,1-2H3;1-5H2;3H2,(H,1,2). The quantitative estimate of drug-likeness (QED) is 0.208. The number of hydrogen-bond acceptors (Lipinski definition) is 1. The summed E-state index contributed by atoms with van der Waals surface area (Å²) in [5, 5.41) is 3.48. The largest absolute Gasteiger partial charge is 0.348 e. The molecule has 0 fully saturated rings. The van der Waals surface area contributed by atoms with Crippen LogP contribution in [-0.2, 0) is 4.57 Å². The van der Waals surface area contributed by atoms with Gasteiger partial charge in [0, 0.05) is 16.0 Å². The van der Waals surface area contributed by atoms with Crippen LogP contribution in [0.25, 0.3) is 0 Å². The molecule has 126 valence electrons. The third kappa shape index (κ3) is 31.8. The molecule has 1 unspecified atom stereocenters. The maximum Gasteiger partial charge on any atom is 0.177 e. The SMILES string of the molecule is BrCCCCCBr.CCC(CC)CCCCBr.O=[PH2]O. The van der Waals surface area contributed by atoms with E-state index in [9.17, 15) is 0 Å². The van der Waals surface area contributed by atoms with Gasteiger partial charge >= 0.3 is 0 Å². The molecule has 0 aliphatic rings. The molecule has 0 aliphatic carbocycles. The van der Waals surface area contributed by atoms with Crippen LogP contribution < -0.4 is 0 Å². The lowest BCUT2D eigenvalue weighted by molar-refractivity contribution is 0.439. The Morgan fingerprint density at radius 2 is 1.20 bits per heavy atom.